The minimum atomic E-state index is 0.0152. The van der Waals surface area contributed by atoms with E-state index in [2.05, 4.69) is 98.0 Å². The summed E-state index contributed by atoms with van der Waals surface area (Å²) in [5.74, 6) is 1.77. The van der Waals surface area contributed by atoms with Crippen molar-refractivity contribution in [1.29, 1.82) is 0 Å². The fourth-order valence-electron chi connectivity index (χ4n) is 4.79. The monoisotopic (exact) mass is 465 g/mol. The highest BCUT2D eigenvalue weighted by molar-refractivity contribution is 5.09. The molecule has 0 unspecified atom stereocenters. The molecule has 1 heterocycles. The molecule has 0 aliphatic rings. The van der Waals surface area contributed by atoms with Gasteiger partial charge in [0.2, 0.25) is 0 Å². The molecule has 1 aromatic heterocycles. The molecule has 0 radical (unpaired) electrons. The lowest BCUT2D eigenvalue weighted by Crippen LogP contribution is -2.26. The van der Waals surface area contributed by atoms with Crippen LogP contribution in [0.5, 0.6) is 18.0 Å². The molecule has 0 fully saturated rings. The first kappa shape index (κ1) is 29.4. The number of hydrogen-bond acceptors (Lipinski definition) is 6. The van der Waals surface area contributed by atoms with Crippen LogP contribution in [0.3, 0.4) is 0 Å². The Hall–Kier alpha value is -1.59. The number of rotatable bonds is 15. The molecule has 0 N–H and O–H groups in total. The smallest absolute Gasteiger partial charge is 0.325 e. The molecule has 0 atom stereocenters. The molecule has 0 saturated carbocycles. The van der Waals surface area contributed by atoms with Crippen molar-refractivity contribution in [2.24, 2.45) is 34.0 Å². The number of nitrogens with zero attached hydrogens (tertiary/aromatic N) is 3. The molecule has 6 heteroatoms. The lowest BCUT2D eigenvalue weighted by molar-refractivity contribution is 0.117. The number of aromatic nitrogens is 3. The molecule has 0 amide bonds. The number of hydrogen-bond donors (Lipinski definition) is 0. The van der Waals surface area contributed by atoms with Crippen LogP contribution in [0.4, 0.5) is 0 Å². The second-order valence-electron chi connectivity index (χ2n) is 13.3. The predicted octanol–water partition coefficient (Wildman–Crippen LogP) is 7.22. The van der Waals surface area contributed by atoms with Crippen molar-refractivity contribution >= 4 is 0 Å². The van der Waals surface area contributed by atoms with Crippen molar-refractivity contribution < 1.29 is 14.2 Å². The molecule has 192 valence electrons. The van der Waals surface area contributed by atoms with Crippen molar-refractivity contribution in [2.45, 2.75) is 102 Å². The quantitative estimate of drug-likeness (QED) is 0.272. The molecule has 1 aromatic rings. The standard InChI is InChI=1S/C27H51N3O3/c1-19(2)13-25(7,8)16-31-22-28-23(32-17-26(9,10)14-20(3)4)30-24(29-22)33-18-27(11,12)15-21(5)6/h19-21H,13-18H2,1-12H3. The van der Waals surface area contributed by atoms with Gasteiger partial charge in [-0.15, -0.1) is 15.0 Å². The Morgan fingerprint density at radius 1 is 0.485 bits per heavy atom. The largest absolute Gasteiger partial charge is 0.463 e. The van der Waals surface area contributed by atoms with Crippen LogP contribution in [-0.4, -0.2) is 34.8 Å². The second-order valence-corrected chi connectivity index (χ2v) is 13.3. The van der Waals surface area contributed by atoms with Crippen molar-refractivity contribution in [3.8, 4) is 18.0 Å². The van der Waals surface area contributed by atoms with E-state index in [-0.39, 0.29) is 34.3 Å². The van der Waals surface area contributed by atoms with E-state index in [0.717, 1.165) is 19.3 Å². The zero-order chi connectivity index (χ0) is 25.4. The Labute approximate surface area is 203 Å². The van der Waals surface area contributed by atoms with Gasteiger partial charge in [0, 0.05) is 0 Å². The van der Waals surface area contributed by atoms with Crippen LogP contribution < -0.4 is 14.2 Å². The molecule has 0 bridgehead atoms. The molecular formula is C27H51N3O3. The fraction of sp³-hybridized carbons (Fsp3) is 0.889. The summed E-state index contributed by atoms with van der Waals surface area (Å²) in [7, 11) is 0. The Bertz CT molecular complexity index is 605. The summed E-state index contributed by atoms with van der Waals surface area (Å²) >= 11 is 0. The van der Waals surface area contributed by atoms with Gasteiger partial charge in [0.15, 0.2) is 0 Å². The van der Waals surface area contributed by atoms with Crippen LogP contribution in [0, 0.1) is 34.0 Å². The highest BCUT2D eigenvalue weighted by Crippen LogP contribution is 2.29. The lowest BCUT2D eigenvalue weighted by atomic mass is 9.85. The van der Waals surface area contributed by atoms with Gasteiger partial charge in [-0.05, 0) is 53.3 Å². The molecule has 0 aromatic carbocycles. The molecule has 33 heavy (non-hydrogen) atoms. The van der Waals surface area contributed by atoms with Crippen LogP contribution in [-0.2, 0) is 0 Å². The van der Waals surface area contributed by atoms with Crippen molar-refractivity contribution in [3.05, 3.63) is 0 Å². The van der Waals surface area contributed by atoms with Crippen molar-refractivity contribution in [3.63, 3.8) is 0 Å². The minimum Gasteiger partial charge on any atom is -0.463 e. The molecule has 0 aliphatic heterocycles. The Morgan fingerprint density at radius 3 is 0.879 bits per heavy atom. The van der Waals surface area contributed by atoms with Gasteiger partial charge in [-0.1, -0.05) is 83.1 Å². The van der Waals surface area contributed by atoms with Crippen molar-refractivity contribution in [2.75, 3.05) is 19.8 Å². The van der Waals surface area contributed by atoms with Gasteiger partial charge in [0.05, 0.1) is 19.8 Å². The van der Waals surface area contributed by atoms with E-state index in [1.54, 1.807) is 0 Å². The zero-order valence-electron chi connectivity index (χ0n) is 23.5. The van der Waals surface area contributed by atoms with Gasteiger partial charge < -0.3 is 14.2 Å². The summed E-state index contributed by atoms with van der Waals surface area (Å²) in [6, 6.07) is 0.778. The first-order chi connectivity index (χ1) is 15.0. The van der Waals surface area contributed by atoms with E-state index in [1.807, 2.05) is 0 Å². The third-order valence-corrected chi connectivity index (χ3v) is 5.23. The van der Waals surface area contributed by atoms with E-state index in [4.69, 9.17) is 14.2 Å². The normalized spacial score (nSPS) is 13.2. The molecule has 0 saturated heterocycles. The van der Waals surface area contributed by atoms with Crippen LogP contribution >= 0.6 is 0 Å². The molecule has 1 rings (SSSR count). The van der Waals surface area contributed by atoms with Crippen molar-refractivity contribution in [1.82, 2.24) is 15.0 Å². The summed E-state index contributed by atoms with van der Waals surface area (Å²) in [6.07, 6.45) is 3.16. The first-order valence-corrected chi connectivity index (χ1v) is 12.6. The van der Waals surface area contributed by atoms with Gasteiger partial charge in [-0.3, -0.25) is 0 Å². The van der Waals surface area contributed by atoms with Gasteiger partial charge >= 0.3 is 18.0 Å². The van der Waals surface area contributed by atoms with Crippen LogP contribution in [0.25, 0.3) is 0 Å². The Morgan fingerprint density at radius 2 is 0.697 bits per heavy atom. The van der Waals surface area contributed by atoms with Gasteiger partial charge in [0.25, 0.3) is 0 Å². The maximum atomic E-state index is 6.02. The molecule has 0 aliphatic carbocycles. The lowest BCUT2D eigenvalue weighted by Gasteiger charge is -2.27. The van der Waals surface area contributed by atoms with E-state index >= 15 is 0 Å². The predicted molar refractivity (Wildman–Crippen MR) is 136 cm³/mol. The summed E-state index contributed by atoms with van der Waals surface area (Å²) in [4.78, 5) is 13.3. The highest BCUT2D eigenvalue weighted by Gasteiger charge is 2.25. The third-order valence-electron chi connectivity index (χ3n) is 5.23. The van der Waals surface area contributed by atoms with Crippen LogP contribution in [0.2, 0.25) is 0 Å². The van der Waals surface area contributed by atoms with E-state index in [9.17, 15) is 0 Å². The van der Waals surface area contributed by atoms with Gasteiger partial charge in [-0.2, -0.15) is 0 Å². The summed E-state index contributed by atoms with van der Waals surface area (Å²) < 4.78 is 18.1. The zero-order valence-corrected chi connectivity index (χ0v) is 23.5. The average Bonchev–Trinajstić information content (AvgIpc) is 2.60. The van der Waals surface area contributed by atoms with Gasteiger partial charge in [0.1, 0.15) is 0 Å². The average molecular weight is 466 g/mol. The fourth-order valence-corrected chi connectivity index (χ4v) is 4.79. The summed E-state index contributed by atoms with van der Waals surface area (Å²) in [5, 5.41) is 0. The Balaban J connectivity index is 3.01. The molecule has 0 spiro atoms. The Kier molecular flexibility index (Phi) is 10.9. The highest BCUT2D eigenvalue weighted by atomic mass is 16.5. The summed E-state index contributed by atoms with van der Waals surface area (Å²) in [5.41, 5.74) is 0.0457. The maximum absolute atomic E-state index is 6.02. The number of ether oxygens (including phenoxy) is 3. The maximum Gasteiger partial charge on any atom is 0.325 e. The summed E-state index contributed by atoms with van der Waals surface area (Å²) in [6.45, 7) is 28.1. The first-order valence-electron chi connectivity index (χ1n) is 12.6. The SMILES string of the molecule is CC(C)CC(C)(C)COc1nc(OCC(C)(C)CC(C)C)nc(OCC(C)(C)CC(C)C)n1. The minimum absolute atomic E-state index is 0.0152. The van der Waals surface area contributed by atoms with Crippen LogP contribution in [0.15, 0.2) is 0 Å². The van der Waals surface area contributed by atoms with E-state index in [1.165, 1.54) is 0 Å². The molecule has 6 nitrogen and oxygen atoms in total. The van der Waals surface area contributed by atoms with E-state index in [0.29, 0.717) is 37.6 Å². The van der Waals surface area contributed by atoms with Crippen LogP contribution in [0.1, 0.15) is 102 Å². The topological polar surface area (TPSA) is 66.4 Å². The third kappa shape index (κ3) is 13.0. The second kappa shape index (κ2) is 12.2. The molecular weight excluding hydrogens is 414 g/mol. The van der Waals surface area contributed by atoms with E-state index < -0.39 is 0 Å². The van der Waals surface area contributed by atoms with Gasteiger partial charge in [-0.25, -0.2) is 0 Å².